The monoisotopic (exact) mass is 158 g/mol. The highest BCUT2D eigenvalue weighted by Gasteiger charge is 1.91. The molecule has 11 heavy (non-hydrogen) atoms. The fourth-order valence-electron chi connectivity index (χ4n) is 0.456. The normalized spacial score (nSPS) is 8.00. The van der Waals surface area contributed by atoms with Gasteiger partial charge in [0.15, 0.2) is 0 Å². The molecule has 0 fully saturated rings. The molecule has 0 radical (unpaired) electrons. The van der Waals surface area contributed by atoms with E-state index < -0.39 is 0 Å². The second kappa shape index (κ2) is 9.34. The third-order valence-corrected chi connectivity index (χ3v) is 0.923. The highest BCUT2D eigenvalue weighted by molar-refractivity contribution is 5.77. The fraction of sp³-hybridized carbons (Fsp3) is 0.778. The van der Waals surface area contributed by atoms with Crippen molar-refractivity contribution < 1.29 is 9.59 Å². The van der Waals surface area contributed by atoms with Crippen molar-refractivity contribution >= 4 is 11.6 Å². The lowest BCUT2D eigenvalue weighted by Gasteiger charge is -1.87. The van der Waals surface area contributed by atoms with E-state index in [1.54, 1.807) is 0 Å². The lowest BCUT2D eigenvalue weighted by Crippen LogP contribution is -1.91. The molecule has 0 aromatic heterocycles. The van der Waals surface area contributed by atoms with Crippen molar-refractivity contribution in [2.24, 2.45) is 0 Å². The number of hydrogen-bond acceptors (Lipinski definition) is 2. The lowest BCUT2D eigenvalue weighted by molar-refractivity contribution is -0.118. The van der Waals surface area contributed by atoms with E-state index in [1.165, 1.54) is 13.8 Å². The van der Waals surface area contributed by atoms with E-state index in [2.05, 4.69) is 0 Å². The molecule has 0 aliphatic rings. The summed E-state index contributed by atoms with van der Waals surface area (Å²) in [5.41, 5.74) is 0. The molecular weight excluding hydrogens is 140 g/mol. The summed E-state index contributed by atoms with van der Waals surface area (Å²) in [5, 5.41) is 0. The molecule has 0 aliphatic heterocycles. The van der Waals surface area contributed by atoms with Crippen molar-refractivity contribution in [3.05, 3.63) is 0 Å². The molecule has 0 N–H and O–H groups in total. The maximum atomic E-state index is 10.4. The van der Waals surface area contributed by atoms with Gasteiger partial charge >= 0.3 is 0 Å². The topological polar surface area (TPSA) is 34.1 Å². The van der Waals surface area contributed by atoms with Crippen LogP contribution >= 0.6 is 0 Å². The third-order valence-electron chi connectivity index (χ3n) is 0.923. The van der Waals surface area contributed by atoms with Gasteiger partial charge in [-0.2, -0.15) is 0 Å². The van der Waals surface area contributed by atoms with Crippen LogP contribution in [0.3, 0.4) is 0 Å². The largest absolute Gasteiger partial charge is 0.300 e. The minimum atomic E-state index is 0.167. The van der Waals surface area contributed by atoms with Crippen LogP contribution in [0.2, 0.25) is 0 Å². The first kappa shape index (κ1) is 13.0. The first-order valence-corrected chi connectivity index (χ1v) is 4.03. The number of rotatable bonds is 3. The minimum Gasteiger partial charge on any atom is -0.300 e. The molecule has 0 saturated carbocycles. The molecule has 0 unspecified atom stereocenters. The van der Waals surface area contributed by atoms with Crippen molar-refractivity contribution in [1.29, 1.82) is 0 Å². The van der Waals surface area contributed by atoms with Crippen molar-refractivity contribution in [1.82, 2.24) is 0 Å². The molecule has 0 bridgehead atoms. The number of hydrogen-bond donors (Lipinski definition) is 0. The summed E-state index contributed by atoms with van der Waals surface area (Å²) in [7, 11) is 0. The fourth-order valence-corrected chi connectivity index (χ4v) is 0.456. The van der Waals surface area contributed by atoms with Gasteiger partial charge in [0.25, 0.3) is 0 Å². The molecule has 0 rings (SSSR count). The Morgan fingerprint density at radius 2 is 1.45 bits per heavy atom. The predicted molar refractivity (Wildman–Crippen MR) is 46.6 cm³/mol. The summed E-state index contributed by atoms with van der Waals surface area (Å²) in [6.07, 6.45) is 2.46. The highest BCUT2D eigenvalue weighted by Crippen LogP contribution is 1.90. The highest BCUT2D eigenvalue weighted by atomic mass is 16.1. The van der Waals surface area contributed by atoms with Crippen LogP contribution in [-0.4, -0.2) is 11.6 Å². The quantitative estimate of drug-likeness (QED) is 0.631. The van der Waals surface area contributed by atoms with Gasteiger partial charge in [-0.25, -0.2) is 0 Å². The van der Waals surface area contributed by atoms with Crippen molar-refractivity contribution in [2.45, 2.75) is 47.0 Å². The molecule has 0 saturated heterocycles. The van der Waals surface area contributed by atoms with Crippen molar-refractivity contribution in [3.8, 4) is 0 Å². The zero-order chi connectivity index (χ0) is 9.28. The molecular formula is C9H18O2. The van der Waals surface area contributed by atoms with Gasteiger partial charge in [0.1, 0.15) is 11.6 Å². The Kier molecular flexibility index (Phi) is 11.0. The zero-order valence-corrected chi connectivity index (χ0v) is 7.94. The Balaban J connectivity index is 0. The molecule has 0 aromatic rings. The van der Waals surface area contributed by atoms with Crippen LogP contribution < -0.4 is 0 Å². The Morgan fingerprint density at radius 3 is 1.55 bits per heavy atom. The predicted octanol–water partition coefficient (Wildman–Crippen LogP) is 2.36. The van der Waals surface area contributed by atoms with Crippen LogP contribution in [0, 0.1) is 0 Å². The van der Waals surface area contributed by atoms with Gasteiger partial charge < -0.3 is 4.79 Å². The van der Waals surface area contributed by atoms with Gasteiger partial charge in [0, 0.05) is 12.8 Å². The van der Waals surface area contributed by atoms with Crippen LogP contribution in [-0.2, 0) is 9.59 Å². The Labute approximate surface area is 69.0 Å². The number of carbonyl (C=O) groups is 2. The smallest absolute Gasteiger partial charge is 0.132 e. The molecule has 0 amide bonds. The standard InChI is InChI=1S/C6H12O.C3H6O/c1-3-5-6(7)4-2;1-3(2)4/h3-5H2,1-2H3;1-2H3. The summed E-state index contributed by atoms with van der Waals surface area (Å²) < 4.78 is 0. The molecule has 2 nitrogen and oxygen atoms in total. The SMILES string of the molecule is CC(C)=O.CCCC(=O)CC. The Hall–Kier alpha value is -0.660. The van der Waals surface area contributed by atoms with Gasteiger partial charge in [-0.15, -0.1) is 0 Å². The van der Waals surface area contributed by atoms with E-state index in [-0.39, 0.29) is 5.78 Å². The number of ketones is 2. The molecule has 0 heterocycles. The molecule has 0 aromatic carbocycles. The average Bonchev–Trinajstić information content (AvgIpc) is 1.87. The van der Waals surface area contributed by atoms with E-state index in [0.29, 0.717) is 12.2 Å². The van der Waals surface area contributed by atoms with Gasteiger partial charge in [-0.1, -0.05) is 13.8 Å². The Bertz CT molecular complexity index is 113. The van der Waals surface area contributed by atoms with E-state index in [4.69, 9.17) is 0 Å². The molecule has 0 aliphatic carbocycles. The van der Waals surface area contributed by atoms with Crippen LogP contribution in [0.5, 0.6) is 0 Å². The number of carbonyl (C=O) groups excluding carboxylic acids is 2. The van der Waals surface area contributed by atoms with Gasteiger partial charge in [0.2, 0.25) is 0 Å². The van der Waals surface area contributed by atoms with Gasteiger partial charge in [-0.05, 0) is 20.3 Å². The molecule has 0 atom stereocenters. The minimum absolute atomic E-state index is 0.167. The van der Waals surface area contributed by atoms with Crippen LogP contribution in [0.25, 0.3) is 0 Å². The second-order valence-corrected chi connectivity index (χ2v) is 2.55. The van der Waals surface area contributed by atoms with Crippen LogP contribution in [0.15, 0.2) is 0 Å². The average molecular weight is 158 g/mol. The Morgan fingerprint density at radius 1 is 1.09 bits per heavy atom. The summed E-state index contributed by atoms with van der Waals surface area (Å²) in [6, 6.07) is 0. The van der Waals surface area contributed by atoms with Gasteiger partial charge in [0.05, 0.1) is 0 Å². The van der Waals surface area contributed by atoms with Gasteiger partial charge in [-0.3, -0.25) is 4.79 Å². The molecule has 0 spiro atoms. The first-order valence-electron chi connectivity index (χ1n) is 4.03. The third kappa shape index (κ3) is 26.7. The van der Waals surface area contributed by atoms with Crippen molar-refractivity contribution in [3.63, 3.8) is 0 Å². The summed E-state index contributed by atoms with van der Waals surface area (Å²) in [6.45, 7) is 6.98. The van der Waals surface area contributed by atoms with Crippen LogP contribution in [0.4, 0.5) is 0 Å². The summed E-state index contributed by atoms with van der Waals surface area (Å²) in [4.78, 5) is 19.9. The summed E-state index contributed by atoms with van der Waals surface area (Å²) >= 11 is 0. The lowest BCUT2D eigenvalue weighted by atomic mass is 10.2. The molecule has 66 valence electrons. The van der Waals surface area contributed by atoms with E-state index in [9.17, 15) is 9.59 Å². The maximum Gasteiger partial charge on any atom is 0.132 e. The maximum absolute atomic E-state index is 10.4. The van der Waals surface area contributed by atoms with E-state index in [1.807, 2.05) is 13.8 Å². The zero-order valence-electron chi connectivity index (χ0n) is 7.94. The van der Waals surface area contributed by atoms with E-state index >= 15 is 0 Å². The number of Topliss-reactive ketones (excluding diaryl/α,β-unsaturated/α-hetero) is 2. The molecule has 2 heteroatoms. The summed E-state index contributed by atoms with van der Waals surface area (Å²) in [5.74, 6) is 0.544. The second-order valence-electron chi connectivity index (χ2n) is 2.55. The van der Waals surface area contributed by atoms with E-state index in [0.717, 1.165) is 12.8 Å². The first-order chi connectivity index (χ1) is 5.04. The van der Waals surface area contributed by atoms with Crippen LogP contribution in [0.1, 0.15) is 47.0 Å². The van der Waals surface area contributed by atoms with Crippen molar-refractivity contribution in [2.75, 3.05) is 0 Å².